The summed E-state index contributed by atoms with van der Waals surface area (Å²) in [5, 5.41) is 10.0. The molecule has 2 N–H and O–H groups in total. The molecule has 7 nitrogen and oxygen atoms in total. The van der Waals surface area contributed by atoms with Gasteiger partial charge in [-0.25, -0.2) is 13.1 Å². The molecule has 2 rings (SSSR count). The van der Waals surface area contributed by atoms with E-state index < -0.39 is 16.1 Å². The summed E-state index contributed by atoms with van der Waals surface area (Å²) in [4.78, 5) is 11.6. The third-order valence-electron chi connectivity index (χ3n) is 3.42. The molecule has 1 atom stereocenters. The van der Waals surface area contributed by atoms with Gasteiger partial charge in [0.25, 0.3) is 5.56 Å². The summed E-state index contributed by atoms with van der Waals surface area (Å²) in [6.45, 7) is 1.54. The van der Waals surface area contributed by atoms with Crippen LogP contribution in [0.2, 0.25) is 0 Å². The highest BCUT2D eigenvalue weighted by molar-refractivity contribution is 7.89. The molecule has 8 heteroatoms. The minimum absolute atomic E-state index is 0.00680. The Morgan fingerprint density at radius 3 is 2.71 bits per heavy atom. The molecule has 0 spiro atoms. The Bertz CT molecular complexity index is 861. The van der Waals surface area contributed by atoms with E-state index in [1.165, 1.54) is 30.0 Å². The SMILES string of the molecule is COc1ccc(C)cc1S(=O)(=O)NCC(O)Cn1ccccc1=O. The first kappa shape index (κ1) is 18.2. The molecule has 0 aliphatic rings. The second kappa shape index (κ2) is 7.61. The van der Waals surface area contributed by atoms with Crippen molar-refractivity contribution in [1.82, 2.24) is 9.29 Å². The number of hydrogen-bond donors (Lipinski definition) is 2. The molecular weight excluding hydrogens is 332 g/mol. The lowest BCUT2D eigenvalue weighted by atomic mass is 10.2. The normalized spacial score (nSPS) is 12.8. The number of benzene rings is 1. The first-order chi connectivity index (χ1) is 11.3. The zero-order valence-corrected chi connectivity index (χ0v) is 14.3. The lowest BCUT2D eigenvalue weighted by Crippen LogP contribution is -2.36. The van der Waals surface area contributed by atoms with Crippen LogP contribution in [-0.4, -0.2) is 37.8 Å². The van der Waals surface area contributed by atoms with Gasteiger partial charge in [0.05, 0.1) is 19.8 Å². The molecule has 0 saturated carbocycles. The summed E-state index contributed by atoms with van der Waals surface area (Å²) >= 11 is 0. The number of aromatic nitrogens is 1. The molecule has 2 aromatic rings. The number of rotatable bonds is 7. The van der Waals surface area contributed by atoms with Crippen LogP contribution in [-0.2, 0) is 16.6 Å². The first-order valence-electron chi connectivity index (χ1n) is 7.31. The van der Waals surface area contributed by atoms with Crippen LogP contribution < -0.4 is 15.0 Å². The van der Waals surface area contributed by atoms with Gasteiger partial charge in [-0.1, -0.05) is 12.1 Å². The van der Waals surface area contributed by atoms with Crippen LogP contribution in [0.15, 0.2) is 52.3 Å². The fraction of sp³-hybridized carbons (Fsp3) is 0.312. The molecule has 0 fully saturated rings. The molecule has 1 aromatic carbocycles. The Kier molecular flexibility index (Phi) is 5.76. The quantitative estimate of drug-likeness (QED) is 0.756. The summed E-state index contributed by atoms with van der Waals surface area (Å²) in [5.74, 6) is 0.224. The lowest BCUT2D eigenvalue weighted by Gasteiger charge is -2.15. The van der Waals surface area contributed by atoms with Crippen molar-refractivity contribution in [2.24, 2.45) is 0 Å². The minimum atomic E-state index is -3.85. The van der Waals surface area contributed by atoms with Crippen molar-refractivity contribution < 1.29 is 18.3 Å². The Hall–Kier alpha value is -2.16. The number of sulfonamides is 1. The van der Waals surface area contributed by atoms with E-state index in [4.69, 9.17) is 4.74 Å². The smallest absolute Gasteiger partial charge is 0.250 e. The van der Waals surface area contributed by atoms with E-state index in [9.17, 15) is 18.3 Å². The van der Waals surface area contributed by atoms with Crippen LogP contribution in [0, 0.1) is 6.92 Å². The number of aliphatic hydroxyl groups excluding tert-OH is 1. The molecule has 0 aliphatic heterocycles. The highest BCUT2D eigenvalue weighted by atomic mass is 32.2. The van der Waals surface area contributed by atoms with Crippen LogP contribution in [0.5, 0.6) is 5.75 Å². The standard InChI is InChI=1S/C16H20N2O5S/c1-12-6-7-14(23-2)15(9-12)24(21,22)17-10-13(19)11-18-8-4-3-5-16(18)20/h3-9,13,17,19H,10-11H2,1-2H3. The van der Waals surface area contributed by atoms with Gasteiger partial charge in [0.1, 0.15) is 10.6 Å². The number of aryl methyl sites for hydroxylation is 1. The highest BCUT2D eigenvalue weighted by Crippen LogP contribution is 2.24. The maximum atomic E-state index is 12.4. The summed E-state index contributed by atoms with van der Waals surface area (Å²) < 4.78 is 33.6. The molecule has 24 heavy (non-hydrogen) atoms. The van der Waals surface area contributed by atoms with E-state index in [0.717, 1.165) is 5.56 Å². The maximum Gasteiger partial charge on any atom is 0.250 e. The second-order valence-corrected chi connectivity index (χ2v) is 7.09. The summed E-state index contributed by atoms with van der Waals surface area (Å²) in [6.07, 6.45) is 0.486. The fourth-order valence-electron chi connectivity index (χ4n) is 2.18. The molecular formula is C16H20N2O5S. The molecule has 0 saturated heterocycles. The Morgan fingerprint density at radius 1 is 1.29 bits per heavy atom. The van der Waals surface area contributed by atoms with Gasteiger partial charge in [-0.15, -0.1) is 0 Å². The van der Waals surface area contributed by atoms with E-state index in [-0.39, 0.29) is 29.3 Å². The van der Waals surface area contributed by atoms with E-state index in [2.05, 4.69) is 4.72 Å². The number of nitrogens with zero attached hydrogens (tertiary/aromatic N) is 1. The molecule has 0 radical (unpaired) electrons. The Morgan fingerprint density at radius 2 is 2.04 bits per heavy atom. The van der Waals surface area contributed by atoms with Crippen LogP contribution in [0.3, 0.4) is 0 Å². The predicted octanol–water partition coefficient (Wildman–Crippen LogP) is 0.505. The topological polar surface area (TPSA) is 97.6 Å². The van der Waals surface area contributed by atoms with Crippen LogP contribution >= 0.6 is 0 Å². The lowest BCUT2D eigenvalue weighted by molar-refractivity contribution is 0.156. The number of hydrogen-bond acceptors (Lipinski definition) is 5. The van der Waals surface area contributed by atoms with Gasteiger partial charge in [0, 0.05) is 18.8 Å². The van der Waals surface area contributed by atoms with Crippen molar-refractivity contribution in [2.75, 3.05) is 13.7 Å². The Balaban J connectivity index is 2.09. The molecule has 0 amide bonds. The van der Waals surface area contributed by atoms with Gasteiger partial charge in [-0.3, -0.25) is 4.79 Å². The van der Waals surface area contributed by atoms with Gasteiger partial charge in [-0.2, -0.15) is 0 Å². The minimum Gasteiger partial charge on any atom is -0.495 e. The van der Waals surface area contributed by atoms with Gasteiger partial charge >= 0.3 is 0 Å². The van der Waals surface area contributed by atoms with Gasteiger partial charge in [0.15, 0.2) is 0 Å². The summed E-state index contributed by atoms with van der Waals surface area (Å²) in [6, 6.07) is 9.44. The fourth-order valence-corrected chi connectivity index (χ4v) is 3.51. The predicted molar refractivity (Wildman–Crippen MR) is 89.6 cm³/mol. The average Bonchev–Trinajstić information content (AvgIpc) is 2.55. The summed E-state index contributed by atoms with van der Waals surface area (Å²) in [5.41, 5.74) is 0.507. The van der Waals surface area contributed by atoms with Crippen LogP contribution in [0.1, 0.15) is 5.56 Å². The molecule has 1 aromatic heterocycles. The monoisotopic (exact) mass is 352 g/mol. The van der Waals surface area contributed by atoms with Crippen molar-refractivity contribution in [3.8, 4) is 5.75 Å². The molecule has 130 valence electrons. The zero-order valence-electron chi connectivity index (χ0n) is 13.5. The van der Waals surface area contributed by atoms with E-state index in [1.54, 1.807) is 31.2 Å². The largest absolute Gasteiger partial charge is 0.495 e. The molecule has 1 unspecified atom stereocenters. The van der Waals surface area contributed by atoms with Gasteiger partial charge in [-0.05, 0) is 30.7 Å². The molecule has 1 heterocycles. The third-order valence-corrected chi connectivity index (χ3v) is 4.87. The van der Waals surface area contributed by atoms with Gasteiger partial charge < -0.3 is 14.4 Å². The Labute approximate surface area is 140 Å². The number of nitrogens with one attached hydrogen (secondary N) is 1. The zero-order chi connectivity index (χ0) is 17.7. The van der Waals surface area contributed by atoms with E-state index in [0.29, 0.717) is 0 Å². The molecule has 0 aliphatic carbocycles. The van der Waals surface area contributed by atoms with Gasteiger partial charge in [0.2, 0.25) is 10.0 Å². The number of ether oxygens (including phenoxy) is 1. The van der Waals surface area contributed by atoms with Crippen LogP contribution in [0.25, 0.3) is 0 Å². The van der Waals surface area contributed by atoms with E-state index in [1.807, 2.05) is 0 Å². The highest BCUT2D eigenvalue weighted by Gasteiger charge is 2.20. The number of pyridine rings is 1. The van der Waals surface area contributed by atoms with Crippen molar-refractivity contribution in [3.05, 3.63) is 58.5 Å². The van der Waals surface area contributed by atoms with Crippen molar-refractivity contribution in [1.29, 1.82) is 0 Å². The van der Waals surface area contributed by atoms with Crippen molar-refractivity contribution in [2.45, 2.75) is 24.5 Å². The summed E-state index contributed by atoms with van der Waals surface area (Å²) in [7, 11) is -2.46. The van der Waals surface area contributed by atoms with Crippen molar-refractivity contribution >= 4 is 10.0 Å². The third kappa shape index (κ3) is 4.44. The number of methoxy groups -OCH3 is 1. The first-order valence-corrected chi connectivity index (χ1v) is 8.79. The van der Waals surface area contributed by atoms with Crippen molar-refractivity contribution in [3.63, 3.8) is 0 Å². The average molecular weight is 352 g/mol. The van der Waals surface area contributed by atoms with E-state index >= 15 is 0 Å². The van der Waals surface area contributed by atoms with Crippen LogP contribution in [0.4, 0.5) is 0 Å². The number of aliphatic hydroxyl groups is 1. The molecule has 0 bridgehead atoms. The second-order valence-electron chi connectivity index (χ2n) is 5.35. The maximum absolute atomic E-state index is 12.4.